The number of carbonyl (C=O) groups excluding carboxylic acids is 1. The van der Waals surface area contributed by atoms with Gasteiger partial charge in [-0.25, -0.2) is 9.50 Å². The maximum atomic E-state index is 12.6. The molecule has 0 aliphatic carbocycles. The van der Waals surface area contributed by atoms with Gasteiger partial charge in [0.25, 0.3) is 5.91 Å². The third-order valence-corrected chi connectivity index (χ3v) is 4.44. The molecule has 25 heavy (non-hydrogen) atoms. The largest absolute Gasteiger partial charge is 0.350 e. The Morgan fingerprint density at radius 2 is 2.20 bits per heavy atom. The zero-order valence-electron chi connectivity index (χ0n) is 13.9. The van der Waals surface area contributed by atoms with Gasteiger partial charge < -0.3 is 10.6 Å². The van der Waals surface area contributed by atoms with Gasteiger partial charge in [-0.3, -0.25) is 4.79 Å². The molecule has 1 atom stereocenters. The van der Waals surface area contributed by atoms with Crippen LogP contribution in [0.25, 0.3) is 5.65 Å². The highest BCUT2D eigenvalue weighted by molar-refractivity contribution is 5.99. The van der Waals surface area contributed by atoms with Crippen LogP contribution >= 0.6 is 12.4 Å². The maximum absolute atomic E-state index is 12.6. The second-order valence-corrected chi connectivity index (χ2v) is 6.06. The van der Waals surface area contributed by atoms with Crippen molar-refractivity contribution in [1.82, 2.24) is 25.2 Å². The number of nitrogens with zero attached hydrogens (tertiary/aromatic N) is 3. The molecule has 0 spiro atoms. The van der Waals surface area contributed by atoms with Gasteiger partial charge in [-0.2, -0.15) is 5.10 Å². The zero-order chi connectivity index (χ0) is 16.5. The van der Waals surface area contributed by atoms with E-state index in [9.17, 15) is 4.79 Å². The summed E-state index contributed by atoms with van der Waals surface area (Å²) in [5.41, 5.74) is 4.56. The number of aromatic nitrogens is 3. The predicted octanol–water partition coefficient (Wildman–Crippen LogP) is 2.08. The van der Waals surface area contributed by atoms with Gasteiger partial charge in [0.1, 0.15) is 5.56 Å². The molecular formula is C18H20ClN5O. The van der Waals surface area contributed by atoms with E-state index >= 15 is 0 Å². The van der Waals surface area contributed by atoms with Crippen LogP contribution in [0.3, 0.4) is 0 Å². The molecule has 0 bridgehead atoms. The molecule has 7 heteroatoms. The third kappa shape index (κ3) is 3.36. The highest BCUT2D eigenvalue weighted by Gasteiger charge is 2.21. The minimum absolute atomic E-state index is 0. The second kappa shape index (κ2) is 7.21. The van der Waals surface area contributed by atoms with E-state index in [4.69, 9.17) is 0 Å². The molecule has 3 heterocycles. The summed E-state index contributed by atoms with van der Waals surface area (Å²) in [6.45, 7) is 3.37. The minimum Gasteiger partial charge on any atom is -0.350 e. The van der Waals surface area contributed by atoms with Crippen molar-refractivity contribution >= 4 is 24.0 Å². The van der Waals surface area contributed by atoms with Crippen molar-refractivity contribution in [2.24, 2.45) is 0 Å². The number of rotatable bonds is 3. The van der Waals surface area contributed by atoms with Crippen LogP contribution in [0.4, 0.5) is 0 Å². The molecule has 4 rings (SSSR count). The molecule has 1 unspecified atom stereocenters. The van der Waals surface area contributed by atoms with Crippen LogP contribution in [0.2, 0.25) is 0 Å². The number of hydrogen-bond donors (Lipinski definition) is 2. The normalized spacial score (nSPS) is 16.1. The monoisotopic (exact) mass is 357 g/mol. The quantitative estimate of drug-likeness (QED) is 0.752. The number of carbonyl (C=O) groups is 1. The van der Waals surface area contributed by atoms with E-state index in [0.717, 1.165) is 18.7 Å². The van der Waals surface area contributed by atoms with E-state index in [1.165, 1.54) is 11.1 Å². The molecule has 0 radical (unpaired) electrons. The Bertz CT molecular complexity index is 907. The Morgan fingerprint density at radius 3 is 3.08 bits per heavy atom. The van der Waals surface area contributed by atoms with Crippen LogP contribution in [-0.2, 0) is 6.42 Å². The van der Waals surface area contributed by atoms with Crippen LogP contribution in [0.5, 0.6) is 0 Å². The van der Waals surface area contributed by atoms with E-state index < -0.39 is 0 Å². The summed E-state index contributed by atoms with van der Waals surface area (Å²) in [7, 11) is 0. The summed E-state index contributed by atoms with van der Waals surface area (Å²) in [5.74, 6) is -0.145. The lowest BCUT2D eigenvalue weighted by molar-refractivity contribution is 0.0950. The van der Waals surface area contributed by atoms with Crippen LogP contribution < -0.4 is 10.6 Å². The minimum atomic E-state index is -0.145. The summed E-state index contributed by atoms with van der Waals surface area (Å²) < 4.78 is 1.62. The van der Waals surface area contributed by atoms with Crippen LogP contribution in [0.1, 0.15) is 33.2 Å². The summed E-state index contributed by atoms with van der Waals surface area (Å²) in [6, 6.07) is 10.4. The Morgan fingerprint density at radius 1 is 1.36 bits per heavy atom. The van der Waals surface area contributed by atoms with Gasteiger partial charge in [-0.15, -0.1) is 12.4 Å². The molecular weight excluding hydrogens is 338 g/mol. The number of hydrogen-bond acceptors (Lipinski definition) is 4. The fourth-order valence-corrected chi connectivity index (χ4v) is 3.18. The van der Waals surface area contributed by atoms with Crippen molar-refractivity contribution in [3.8, 4) is 0 Å². The molecule has 0 saturated heterocycles. The van der Waals surface area contributed by atoms with Gasteiger partial charge >= 0.3 is 0 Å². The highest BCUT2D eigenvalue weighted by atomic mass is 35.5. The van der Waals surface area contributed by atoms with E-state index in [-0.39, 0.29) is 24.4 Å². The molecule has 0 saturated carbocycles. The number of aryl methyl sites for hydroxylation is 1. The summed E-state index contributed by atoms with van der Waals surface area (Å²) in [5, 5.41) is 10.7. The SMILES string of the molecule is Cc1ccn2ncc(C(=O)NCC3NCCc4ccccc43)c2n1.Cl. The molecule has 2 N–H and O–H groups in total. The van der Waals surface area contributed by atoms with E-state index in [0.29, 0.717) is 17.8 Å². The zero-order valence-corrected chi connectivity index (χ0v) is 14.7. The van der Waals surface area contributed by atoms with Gasteiger partial charge in [-0.1, -0.05) is 24.3 Å². The first-order valence-electron chi connectivity index (χ1n) is 8.13. The van der Waals surface area contributed by atoms with Gasteiger partial charge in [0.2, 0.25) is 0 Å². The maximum Gasteiger partial charge on any atom is 0.256 e. The van der Waals surface area contributed by atoms with E-state index in [1.807, 2.05) is 25.3 Å². The lowest BCUT2D eigenvalue weighted by atomic mass is 9.94. The number of nitrogens with one attached hydrogen (secondary N) is 2. The van der Waals surface area contributed by atoms with Crippen molar-refractivity contribution in [1.29, 1.82) is 0 Å². The van der Waals surface area contributed by atoms with Crippen LogP contribution in [-0.4, -0.2) is 33.6 Å². The molecule has 1 aromatic carbocycles. The average Bonchev–Trinajstić information content (AvgIpc) is 3.02. The van der Waals surface area contributed by atoms with Crippen molar-refractivity contribution in [2.75, 3.05) is 13.1 Å². The Kier molecular flexibility index (Phi) is 5.01. The van der Waals surface area contributed by atoms with Crippen molar-refractivity contribution in [3.05, 3.63) is 65.1 Å². The summed E-state index contributed by atoms with van der Waals surface area (Å²) in [4.78, 5) is 17.0. The third-order valence-electron chi connectivity index (χ3n) is 4.44. The van der Waals surface area contributed by atoms with Gasteiger partial charge in [0.15, 0.2) is 5.65 Å². The molecule has 6 nitrogen and oxygen atoms in total. The van der Waals surface area contributed by atoms with Crippen LogP contribution in [0.15, 0.2) is 42.7 Å². The molecule has 1 amide bonds. The number of benzene rings is 1. The van der Waals surface area contributed by atoms with Crippen LogP contribution in [0, 0.1) is 6.92 Å². The lowest BCUT2D eigenvalue weighted by Gasteiger charge is -2.27. The van der Waals surface area contributed by atoms with E-state index in [2.05, 4.69) is 38.9 Å². The molecule has 1 aliphatic heterocycles. The standard InChI is InChI=1S/C18H19N5O.ClH/c1-12-7-9-23-17(22-12)15(10-21-23)18(24)20-11-16-14-5-3-2-4-13(14)6-8-19-16;/h2-5,7,9-10,16,19H,6,8,11H2,1H3,(H,20,24);1H. The fraction of sp³-hybridized carbons (Fsp3) is 0.278. The Labute approximate surface area is 152 Å². The first-order chi connectivity index (χ1) is 11.7. The fourth-order valence-electron chi connectivity index (χ4n) is 3.18. The smallest absolute Gasteiger partial charge is 0.256 e. The van der Waals surface area contributed by atoms with E-state index in [1.54, 1.807) is 10.7 Å². The summed E-state index contributed by atoms with van der Waals surface area (Å²) >= 11 is 0. The van der Waals surface area contributed by atoms with Crippen molar-refractivity contribution in [3.63, 3.8) is 0 Å². The molecule has 2 aromatic heterocycles. The van der Waals surface area contributed by atoms with Crippen molar-refractivity contribution < 1.29 is 4.79 Å². The molecule has 0 fully saturated rings. The topological polar surface area (TPSA) is 71.3 Å². The highest BCUT2D eigenvalue weighted by Crippen LogP contribution is 2.22. The number of fused-ring (bicyclic) bond motifs is 2. The van der Waals surface area contributed by atoms with Gasteiger partial charge in [0, 0.05) is 24.5 Å². The Hall–Kier alpha value is -2.44. The first kappa shape index (κ1) is 17.4. The van der Waals surface area contributed by atoms with Gasteiger partial charge in [-0.05, 0) is 37.1 Å². The predicted molar refractivity (Wildman–Crippen MR) is 98.2 cm³/mol. The van der Waals surface area contributed by atoms with Crippen molar-refractivity contribution in [2.45, 2.75) is 19.4 Å². The lowest BCUT2D eigenvalue weighted by Crippen LogP contribution is -2.38. The van der Waals surface area contributed by atoms with Gasteiger partial charge in [0.05, 0.1) is 6.20 Å². The Balaban J connectivity index is 0.00000182. The average molecular weight is 358 g/mol. The second-order valence-electron chi connectivity index (χ2n) is 6.06. The molecule has 130 valence electrons. The number of halogens is 1. The molecule has 1 aliphatic rings. The first-order valence-corrected chi connectivity index (χ1v) is 8.13. The summed E-state index contributed by atoms with van der Waals surface area (Å²) in [6.07, 6.45) is 4.41. The number of amides is 1. The molecule has 3 aromatic rings.